The number of hydrogen-bond acceptors (Lipinski definition) is 10. The zero-order valence-electron chi connectivity index (χ0n) is 38.0. The molecular formula is C47H59N9O8. The van der Waals surface area contributed by atoms with Crippen LogP contribution < -0.4 is 10.6 Å². The van der Waals surface area contributed by atoms with Crippen LogP contribution in [0.4, 0.5) is 14.4 Å². The van der Waals surface area contributed by atoms with Crippen molar-refractivity contribution in [3.05, 3.63) is 83.7 Å². The molecule has 0 aliphatic carbocycles. The van der Waals surface area contributed by atoms with Crippen molar-refractivity contribution in [1.29, 1.82) is 0 Å². The minimum Gasteiger partial charge on any atom is -0.453 e. The molecule has 17 nitrogen and oxygen atoms in total. The lowest BCUT2D eigenvalue weighted by Gasteiger charge is -2.42. The molecule has 4 unspecified atom stereocenters. The number of rotatable bonds is 10. The number of amides is 5. The second-order valence-corrected chi connectivity index (χ2v) is 17.6. The highest BCUT2D eigenvalue weighted by atomic mass is 16.6. The zero-order valence-corrected chi connectivity index (χ0v) is 38.0. The number of ether oxygens (including phenoxy) is 3. The van der Waals surface area contributed by atoms with E-state index in [2.05, 4.69) is 42.4 Å². The summed E-state index contributed by atoms with van der Waals surface area (Å²) in [6.07, 6.45) is 3.22. The van der Waals surface area contributed by atoms with Gasteiger partial charge in [0.15, 0.2) is 0 Å². The summed E-state index contributed by atoms with van der Waals surface area (Å²) >= 11 is 0. The number of alkyl carbamates (subject to hydrolysis) is 2. The predicted octanol–water partition coefficient (Wildman–Crippen LogP) is 6.41. The summed E-state index contributed by atoms with van der Waals surface area (Å²) < 4.78 is 15.2. The number of methoxy groups -OCH3 is 2. The fourth-order valence-corrected chi connectivity index (χ4v) is 7.76. The Balaban J connectivity index is 1.13. The minimum atomic E-state index is -0.856. The number of piperazine rings is 1. The largest absolute Gasteiger partial charge is 0.453 e. The first-order valence-corrected chi connectivity index (χ1v) is 21.6. The van der Waals surface area contributed by atoms with Crippen molar-refractivity contribution in [2.45, 2.75) is 91.1 Å². The number of H-pyrrole nitrogens is 2. The number of benzene rings is 2. The quantitative estimate of drug-likeness (QED) is 0.102. The minimum absolute atomic E-state index is 0.122. The first-order valence-electron chi connectivity index (χ1n) is 21.6. The van der Waals surface area contributed by atoms with Gasteiger partial charge in [-0.1, -0.05) is 63.8 Å². The van der Waals surface area contributed by atoms with Gasteiger partial charge in [-0.3, -0.25) is 9.59 Å². The van der Waals surface area contributed by atoms with E-state index < -0.39 is 42.0 Å². The average molecular weight is 878 g/mol. The molecule has 17 heteroatoms. The predicted molar refractivity (Wildman–Crippen MR) is 238 cm³/mol. The van der Waals surface area contributed by atoms with Crippen LogP contribution in [0.5, 0.6) is 0 Å². The highest BCUT2D eigenvalue weighted by Gasteiger charge is 2.41. The van der Waals surface area contributed by atoms with Gasteiger partial charge in [0.2, 0.25) is 11.8 Å². The van der Waals surface area contributed by atoms with Crippen molar-refractivity contribution in [1.82, 2.24) is 45.3 Å². The Kier molecular flexibility index (Phi) is 14.7. The van der Waals surface area contributed by atoms with Crippen LogP contribution in [0, 0.1) is 23.7 Å². The molecule has 4 heterocycles. The van der Waals surface area contributed by atoms with E-state index in [4.69, 9.17) is 14.2 Å². The monoisotopic (exact) mass is 877 g/mol. The lowest BCUT2D eigenvalue weighted by molar-refractivity contribution is -0.140. The Labute approximate surface area is 374 Å². The van der Waals surface area contributed by atoms with Crippen LogP contribution in [-0.4, -0.2) is 123 Å². The molecule has 2 aliphatic heterocycles. The summed E-state index contributed by atoms with van der Waals surface area (Å²) in [7, 11) is 2.53. The molecule has 0 spiro atoms. The summed E-state index contributed by atoms with van der Waals surface area (Å²) in [6, 6.07) is 13.1. The molecule has 0 bridgehead atoms. The van der Waals surface area contributed by atoms with Crippen molar-refractivity contribution in [3.8, 4) is 34.4 Å². The molecular weight excluding hydrogens is 819 g/mol. The lowest BCUT2D eigenvalue weighted by Crippen LogP contribution is -2.58. The molecule has 64 heavy (non-hydrogen) atoms. The molecule has 0 saturated carbocycles. The Bertz CT molecular complexity index is 2350. The third-order valence-corrected chi connectivity index (χ3v) is 11.2. The fraction of sp³-hybridized carbons (Fsp3) is 0.468. The van der Waals surface area contributed by atoms with Crippen molar-refractivity contribution in [2.24, 2.45) is 11.8 Å². The van der Waals surface area contributed by atoms with Crippen molar-refractivity contribution in [3.63, 3.8) is 0 Å². The molecule has 340 valence electrons. The van der Waals surface area contributed by atoms with Gasteiger partial charge >= 0.3 is 18.3 Å². The Morgan fingerprint density at radius 2 is 1.14 bits per heavy atom. The van der Waals surface area contributed by atoms with Crippen LogP contribution in [0.25, 0.3) is 22.5 Å². The van der Waals surface area contributed by atoms with Gasteiger partial charge in [0.25, 0.3) is 0 Å². The average Bonchev–Trinajstić information content (AvgIpc) is 4.08. The van der Waals surface area contributed by atoms with Crippen molar-refractivity contribution >= 4 is 30.1 Å². The summed E-state index contributed by atoms with van der Waals surface area (Å²) in [4.78, 5) is 86.0. The van der Waals surface area contributed by atoms with Crippen molar-refractivity contribution in [2.75, 3.05) is 40.4 Å². The van der Waals surface area contributed by atoms with Crippen LogP contribution in [0.15, 0.2) is 60.9 Å². The molecule has 2 aromatic heterocycles. The maximum atomic E-state index is 14.0. The van der Waals surface area contributed by atoms with Crippen LogP contribution >= 0.6 is 0 Å². The van der Waals surface area contributed by atoms with E-state index in [1.54, 1.807) is 47.9 Å². The van der Waals surface area contributed by atoms with Crippen molar-refractivity contribution < 1.29 is 38.2 Å². The van der Waals surface area contributed by atoms with Crippen LogP contribution in [0.2, 0.25) is 0 Å². The number of carbonyl (C=O) groups is 5. The number of imidazole rings is 2. The number of nitrogens with zero attached hydrogens (tertiary/aromatic N) is 5. The second-order valence-electron chi connectivity index (χ2n) is 17.6. The highest BCUT2D eigenvalue weighted by Crippen LogP contribution is 2.33. The third kappa shape index (κ3) is 11.2. The molecule has 0 radical (unpaired) electrons. The molecule has 4 N–H and O–H groups in total. The molecule has 2 fully saturated rings. The van der Waals surface area contributed by atoms with Gasteiger partial charge in [0.05, 0.1) is 50.6 Å². The van der Waals surface area contributed by atoms with Crippen LogP contribution in [0.3, 0.4) is 0 Å². The van der Waals surface area contributed by atoms with E-state index in [0.717, 1.165) is 40.8 Å². The number of carbonyl (C=O) groups excluding carboxylic acids is 5. The lowest BCUT2D eigenvalue weighted by atomic mass is 10.0. The topological polar surface area (TPSA) is 204 Å². The van der Waals surface area contributed by atoms with Gasteiger partial charge in [-0.2, -0.15) is 0 Å². The molecule has 2 saturated heterocycles. The molecule has 4 atom stereocenters. The Morgan fingerprint density at radius 3 is 1.58 bits per heavy atom. The van der Waals surface area contributed by atoms with Gasteiger partial charge in [-0.15, -0.1) is 0 Å². The van der Waals surface area contributed by atoms with E-state index in [1.165, 1.54) is 14.2 Å². The molecule has 2 aromatic carbocycles. The van der Waals surface area contributed by atoms with Gasteiger partial charge < -0.3 is 49.5 Å². The molecule has 2 aliphatic rings. The van der Waals surface area contributed by atoms with Gasteiger partial charge in [-0.25, -0.2) is 24.4 Å². The summed E-state index contributed by atoms with van der Waals surface area (Å²) in [5.41, 5.74) is 4.23. The Hall–Kier alpha value is -6.83. The number of nitrogens with one attached hydrogen (secondary N) is 4. The fourth-order valence-electron chi connectivity index (χ4n) is 7.76. The third-order valence-electron chi connectivity index (χ3n) is 11.2. The number of aromatic amines is 2. The molecule has 5 amide bonds. The number of aromatic nitrogens is 4. The zero-order chi connectivity index (χ0) is 46.3. The standard InChI is InChI=1S/C47H59N9O8/c1-28(2)38(52-44(59)62-8)42(57)55-22-10-11-36(55)40-48-25-34(50-40)32-18-14-30(15-19-32)12-13-31-16-20-33(21-17-31)35-26-49-41(51-35)37-27-54(46(61)64-47(5,6)7)23-24-56(37)43(58)39(29(3)4)53-45(60)63-9/h14-21,25-26,28-29,36-39H,10-11,22-24,27H2,1-9H3,(H,48,50)(H,49,51)(H,52,59)(H,53,60). The molecule has 6 rings (SSSR count). The number of likely N-dealkylation sites (tertiary alicyclic amines) is 1. The van der Waals surface area contributed by atoms with E-state index in [-0.39, 0.29) is 49.3 Å². The first kappa shape index (κ1) is 46.7. The maximum absolute atomic E-state index is 14.0. The van der Waals surface area contributed by atoms with E-state index in [1.807, 2.05) is 76.2 Å². The molecule has 4 aromatic rings. The number of hydrogen-bond donors (Lipinski definition) is 4. The van der Waals surface area contributed by atoms with Gasteiger partial charge in [0, 0.05) is 30.8 Å². The van der Waals surface area contributed by atoms with Gasteiger partial charge in [-0.05, 0) is 80.8 Å². The second kappa shape index (κ2) is 20.1. The van der Waals surface area contributed by atoms with Gasteiger partial charge in [0.1, 0.15) is 35.4 Å². The summed E-state index contributed by atoms with van der Waals surface area (Å²) in [5, 5.41) is 5.35. The first-order chi connectivity index (χ1) is 30.5. The van der Waals surface area contributed by atoms with E-state index in [0.29, 0.717) is 23.9 Å². The normalized spacial score (nSPS) is 17.3. The van der Waals surface area contributed by atoms with Crippen LogP contribution in [-0.2, 0) is 23.8 Å². The highest BCUT2D eigenvalue weighted by molar-refractivity contribution is 5.87. The maximum Gasteiger partial charge on any atom is 0.410 e. The smallest absolute Gasteiger partial charge is 0.410 e. The summed E-state index contributed by atoms with van der Waals surface area (Å²) in [5.74, 6) is 6.81. The summed E-state index contributed by atoms with van der Waals surface area (Å²) in [6.45, 7) is 14.0. The van der Waals surface area contributed by atoms with Crippen LogP contribution in [0.1, 0.15) is 96.2 Å². The van der Waals surface area contributed by atoms with E-state index >= 15 is 0 Å². The SMILES string of the molecule is COC(=O)NC(C(=O)N1CCCC1c1ncc(-c2ccc(C#Cc3ccc(-c4cnc(C5CN(C(=O)OC(C)(C)C)CCN5C(=O)C(NC(=O)OC)C(C)C)[nH]4)cc3)cc2)[nH]1)C(C)C. The van der Waals surface area contributed by atoms with E-state index in [9.17, 15) is 24.0 Å². The Morgan fingerprint density at radius 1 is 0.688 bits per heavy atom.